The number of allylic oxidation sites excluding steroid dienone is 2. The molecule has 1 aromatic rings. The lowest BCUT2D eigenvalue weighted by atomic mass is 9.71. The van der Waals surface area contributed by atoms with Gasteiger partial charge in [0.2, 0.25) is 5.75 Å². The van der Waals surface area contributed by atoms with Crippen molar-refractivity contribution in [1.29, 1.82) is 0 Å². The Hall–Kier alpha value is -2.83. The van der Waals surface area contributed by atoms with E-state index in [-0.39, 0.29) is 17.9 Å². The number of Topliss-reactive ketones (excluding diaryl/α,β-unsaturated/α-hetero) is 1. The van der Waals surface area contributed by atoms with E-state index in [0.717, 1.165) is 49.8 Å². The van der Waals surface area contributed by atoms with Gasteiger partial charge in [0.25, 0.3) is 0 Å². The second kappa shape index (κ2) is 9.35. The van der Waals surface area contributed by atoms with E-state index in [9.17, 15) is 9.59 Å². The normalized spacial score (nSPS) is 23.5. The molecule has 0 N–H and O–H groups in total. The fraction of sp³-hybridized carbons (Fsp3) is 0.560. The summed E-state index contributed by atoms with van der Waals surface area (Å²) in [6.07, 6.45) is 5.80. The molecule has 0 spiro atoms. The van der Waals surface area contributed by atoms with Crippen molar-refractivity contribution in [2.24, 2.45) is 10.9 Å². The molecule has 7 nitrogen and oxygen atoms in total. The van der Waals surface area contributed by atoms with Crippen LogP contribution in [0.2, 0.25) is 0 Å². The van der Waals surface area contributed by atoms with Gasteiger partial charge in [-0.15, -0.1) is 0 Å². The van der Waals surface area contributed by atoms with Crippen molar-refractivity contribution in [3.8, 4) is 17.2 Å². The van der Waals surface area contributed by atoms with E-state index in [1.54, 1.807) is 21.3 Å². The molecule has 7 heteroatoms. The lowest BCUT2D eigenvalue weighted by Crippen LogP contribution is -2.38. The van der Waals surface area contributed by atoms with Crippen LogP contribution in [0.4, 0.5) is 0 Å². The summed E-state index contributed by atoms with van der Waals surface area (Å²) >= 11 is 0. The Kier molecular flexibility index (Phi) is 6.53. The Morgan fingerprint density at radius 1 is 0.969 bits per heavy atom. The van der Waals surface area contributed by atoms with Gasteiger partial charge in [0.1, 0.15) is 12.0 Å². The van der Waals surface area contributed by atoms with Crippen LogP contribution in [0.3, 0.4) is 0 Å². The van der Waals surface area contributed by atoms with Crippen LogP contribution in [0, 0.1) is 5.92 Å². The molecule has 4 rings (SSSR count). The average molecular weight is 442 g/mol. The molecule has 3 aliphatic rings. The van der Waals surface area contributed by atoms with E-state index in [1.165, 1.54) is 0 Å². The van der Waals surface area contributed by atoms with E-state index >= 15 is 0 Å². The van der Waals surface area contributed by atoms with Crippen LogP contribution in [-0.4, -0.2) is 44.9 Å². The van der Waals surface area contributed by atoms with Crippen molar-refractivity contribution < 1.29 is 28.5 Å². The summed E-state index contributed by atoms with van der Waals surface area (Å²) in [6.45, 7) is 1.86. The highest BCUT2D eigenvalue weighted by atomic mass is 16.5. The molecule has 0 radical (unpaired) electrons. The lowest BCUT2D eigenvalue weighted by Gasteiger charge is -2.35. The molecular formula is C25H31NO6. The summed E-state index contributed by atoms with van der Waals surface area (Å²) in [6, 6.07) is 3.65. The molecule has 1 unspecified atom stereocenters. The van der Waals surface area contributed by atoms with Crippen molar-refractivity contribution in [2.75, 3.05) is 21.3 Å². The minimum Gasteiger partial charge on any atom is -0.493 e. The molecule has 1 heterocycles. The quantitative estimate of drug-likeness (QED) is 0.609. The van der Waals surface area contributed by atoms with Crippen LogP contribution in [0.5, 0.6) is 17.2 Å². The van der Waals surface area contributed by atoms with Crippen LogP contribution in [-0.2, 0) is 14.3 Å². The highest BCUT2D eigenvalue weighted by Gasteiger charge is 2.44. The van der Waals surface area contributed by atoms with Crippen LogP contribution in [0.25, 0.3) is 0 Å². The maximum atomic E-state index is 13.4. The lowest BCUT2D eigenvalue weighted by molar-refractivity contribution is -0.151. The summed E-state index contributed by atoms with van der Waals surface area (Å²) in [5, 5.41) is 0. The van der Waals surface area contributed by atoms with Gasteiger partial charge in [-0.05, 0) is 63.1 Å². The van der Waals surface area contributed by atoms with E-state index in [4.69, 9.17) is 23.9 Å². The maximum absolute atomic E-state index is 13.4. The van der Waals surface area contributed by atoms with Crippen molar-refractivity contribution in [3.05, 3.63) is 29.0 Å². The van der Waals surface area contributed by atoms with E-state index in [2.05, 4.69) is 0 Å². The summed E-state index contributed by atoms with van der Waals surface area (Å²) in [4.78, 5) is 31.2. The van der Waals surface area contributed by atoms with Gasteiger partial charge in [0.15, 0.2) is 17.3 Å². The summed E-state index contributed by atoms with van der Waals surface area (Å²) in [7, 11) is 4.65. The number of carbonyl (C=O) groups excluding carboxylic acids is 2. The molecule has 0 bridgehead atoms. The van der Waals surface area contributed by atoms with Gasteiger partial charge in [-0.1, -0.05) is 0 Å². The van der Waals surface area contributed by atoms with Gasteiger partial charge in [0.05, 0.1) is 21.3 Å². The van der Waals surface area contributed by atoms with Crippen LogP contribution in [0.15, 0.2) is 28.4 Å². The van der Waals surface area contributed by atoms with Gasteiger partial charge >= 0.3 is 5.97 Å². The van der Waals surface area contributed by atoms with Gasteiger partial charge < -0.3 is 18.9 Å². The number of esters is 1. The number of benzene rings is 1. The molecule has 1 fully saturated rings. The topological polar surface area (TPSA) is 83.4 Å². The largest absolute Gasteiger partial charge is 0.493 e. The first-order valence-corrected chi connectivity index (χ1v) is 11.3. The average Bonchev–Trinajstić information content (AvgIpc) is 3.30. The number of aliphatic imine (C=N–C) groups is 1. The number of hydrogen-bond donors (Lipinski definition) is 0. The minimum atomic E-state index is -0.667. The van der Waals surface area contributed by atoms with Crippen LogP contribution in [0.1, 0.15) is 63.4 Å². The Morgan fingerprint density at radius 2 is 1.62 bits per heavy atom. The maximum Gasteiger partial charge on any atom is 0.315 e. The number of hydrogen-bond acceptors (Lipinski definition) is 7. The number of methoxy groups -OCH3 is 3. The number of ether oxygens (including phenoxy) is 4. The molecule has 172 valence electrons. The zero-order chi connectivity index (χ0) is 22.8. The molecule has 1 aromatic carbocycles. The van der Waals surface area contributed by atoms with Gasteiger partial charge in [-0.25, -0.2) is 0 Å². The second-order valence-electron chi connectivity index (χ2n) is 8.65. The number of ketones is 1. The van der Waals surface area contributed by atoms with Crippen molar-refractivity contribution in [1.82, 2.24) is 0 Å². The third-order valence-corrected chi connectivity index (χ3v) is 6.72. The van der Waals surface area contributed by atoms with Crippen molar-refractivity contribution >= 4 is 17.5 Å². The standard InChI is InChI=1S/C25H31NO6/c1-14-21(25(28)32-16-8-5-6-9-16)22(23-17(26-14)10-7-11-18(23)27)15-12-19(29-2)24(31-4)20(13-15)30-3/h12-13,16,21-22H,5-11H2,1-4H3/t21?,22-/m0/s1. The Morgan fingerprint density at radius 3 is 2.22 bits per heavy atom. The van der Waals surface area contributed by atoms with E-state index in [1.807, 2.05) is 19.1 Å². The first kappa shape index (κ1) is 22.4. The first-order chi connectivity index (χ1) is 15.5. The fourth-order valence-corrected chi connectivity index (χ4v) is 5.20. The van der Waals surface area contributed by atoms with E-state index in [0.29, 0.717) is 35.0 Å². The molecule has 0 aromatic heterocycles. The highest BCUT2D eigenvalue weighted by Crippen LogP contribution is 2.48. The van der Waals surface area contributed by atoms with Gasteiger partial charge in [0, 0.05) is 29.3 Å². The monoisotopic (exact) mass is 441 g/mol. The molecular weight excluding hydrogens is 410 g/mol. The predicted octanol–water partition coefficient (Wildman–Crippen LogP) is 4.38. The van der Waals surface area contributed by atoms with Crippen molar-refractivity contribution in [2.45, 2.75) is 63.9 Å². The molecule has 1 saturated carbocycles. The third-order valence-electron chi connectivity index (χ3n) is 6.72. The third kappa shape index (κ3) is 4.00. The molecule has 0 amide bonds. The minimum absolute atomic E-state index is 0.0416. The summed E-state index contributed by atoms with van der Waals surface area (Å²) in [5.74, 6) is -0.0151. The Bertz CT molecular complexity index is 948. The second-order valence-corrected chi connectivity index (χ2v) is 8.65. The van der Waals surface area contributed by atoms with Crippen molar-refractivity contribution in [3.63, 3.8) is 0 Å². The zero-order valence-corrected chi connectivity index (χ0v) is 19.2. The number of carbonyl (C=O) groups is 2. The fourth-order valence-electron chi connectivity index (χ4n) is 5.20. The summed E-state index contributed by atoms with van der Waals surface area (Å²) < 4.78 is 22.5. The smallest absolute Gasteiger partial charge is 0.315 e. The summed E-state index contributed by atoms with van der Waals surface area (Å²) in [5.41, 5.74) is 2.83. The van der Waals surface area contributed by atoms with E-state index < -0.39 is 11.8 Å². The zero-order valence-electron chi connectivity index (χ0n) is 19.2. The van der Waals surface area contributed by atoms with Gasteiger partial charge in [-0.2, -0.15) is 0 Å². The molecule has 32 heavy (non-hydrogen) atoms. The Labute approximate surface area is 188 Å². The molecule has 0 saturated heterocycles. The Balaban J connectivity index is 1.83. The number of nitrogens with zero attached hydrogens (tertiary/aromatic N) is 1. The van der Waals surface area contributed by atoms with Crippen LogP contribution >= 0.6 is 0 Å². The highest BCUT2D eigenvalue weighted by molar-refractivity contribution is 6.08. The molecule has 2 aliphatic carbocycles. The molecule has 2 atom stereocenters. The van der Waals surface area contributed by atoms with Gasteiger partial charge in [-0.3, -0.25) is 14.6 Å². The number of rotatable bonds is 6. The predicted molar refractivity (Wildman–Crippen MR) is 120 cm³/mol. The first-order valence-electron chi connectivity index (χ1n) is 11.3. The SMILES string of the molecule is COc1cc([C@@H]2C3=C(CCCC3=O)N=C(C)C2C(=O)OC2CCCC2)cc(OC)c1OC. The molecule has 1 aliphatic heterocycles. The van der Waals surface area contributed by atoms with Crippen LogP contribution < -0.4 is 14.2 Å².